The molecular weight excluding hydrogens is 224 g/mol. The van der Waals surface area contributed by atoms with Gasteiger partial charge in [-0.2, -0.15) is 0 Å². The minimum Gasteiger partial charge on any atom is -0.453 e. The third-order valence-corrected chi connectivity index (χ3v) is 3.19. The van der Waals surface area contributed by atoms with E-state index >= 15 is 0 Å². The van der Waals surface area contributed by atoms with Crippen LogP contribution in [0.15, 0.2) is 30.3 Å². The summed E-state index contributed by atoms with van der Waals surface area (Å²) in [5.74, 6) is -0.157. The van der Waals surface area contributed by atoms with E-state index in [1.54, 1.807) is 0 Å². The fourth-order valence-corrected chi connectivity index (χ4v) is 2.10. The van der Waals surface area contributed by atoms with Gasteiger partial charge in [0.25, 0.3) is 0 Å². The number of esters is 1. The Labute approximate surface area is 109 Å². The zero-order valence-electron chi connectivity index (χ0n) is 11.5. The van der Waals surface area contributed by atoms with E-state index in [0.29, 0.717) is 0 Å². The normalized spacial score (nSPS) is 18.2. The first-order chi connectivity index (χ1) is 8.43. The van der Waals surface area contributed by atoms with Crippen LogP contribution in [0.3, 0.4) is 0 Å². The fraction of sp³-hybridized carbons (Fsp3) is 0.438. The molecule has 0 saturated heterocycles. The lowest BCUT2D eigenvalue weighted by molar-refractivity contribution is -0.156. The lowest BCUT2D eigenvalue weighted by Crippen LogP contribution is -2.24. The van der Waals surface area contributed by atoms with Gasteiger partial charge in [0, 0.05) is 5.56 Å². The molecule has 0 radical (unpaired) electrons. The lowest BCUT2D eigenvalue weighted by atomic mass is 9.97. The summed E-state index contributed by atoms with van der Waals surface area (Å²) in [5, 5.41) is 0. The van der Waals surface area contributed by atoms with Crippen LogP contribution in [0.1, 0.15) is 51.3 Å². The van der Waals surface area contributed by atoms with Crippen molar-refractivity contribution in [2.75, 3.05) is 0 Å². The number of ether oxygens (including phenoxy) is 1. The standard InChI is InChI=1S/C16H20O2/c1-5-11-10-14(18-15(17)16(2,3)4)13-9-7-6-8-12(11)13/h6-10,14H,5H2,1-4H3. The van der Waals surface area contributed by atoms with Gasteiger partial charge >= 0.3 is 5.97 Å². The van der Waals surface area contributed by atoms with Crippen LogP contribution in [0, 0.1) is 5.41 Å². The van der Waals surface area contributed by atoms with Gasteiger partial charge in [0.05, 0.1) is 5.41 Å². The fourth-order valence-electron chi connectivity index (χ4n) is 2.10. The molecule has 0 fully saturated rings. The van der Waals surface area contributed by atoms with Crippen molar-refractivity contribution < 1.29 is 9.53 Å². The third kappa shape index (κ3) is 2.33. The molecule has 1 aliphatic rings. The summed E-state index contributed by atoms with van der Waals surface area (Å²) >= 11 is 0. The van der Waals surface area contributed by atoms with Crippen LogP contribution in [-0.4, -0.2) is 5.97 Å². The van der Waals surface area contributed by atoms with Crippen molar-refractivity contribution in [3.63, 3.8) is 0 Å². The summed E-state index contributed by atoms with van der Waals surface area (Å²) in [6.45, 7) is 7.75. The van der Waals surface area contributed by atoms with Crippen LogP contribution >= 0.6 is 0 Å². The molecule has 1 unspecified atom stereocenters. The Morgan fingerprint density at radius 3 is 2.56 bits per heavy atom. The topological polar surface area (TPSA) is 26.3 Å². The summed E-state index contributed by atoms with van der Waals surface area (Å²) in [4.78, 5) is 12.0. The van der Waals surface area contributed by atoms with Crippen LogP contribution in [0.4, 0.5) is 0 Å². The van der Waals surface area contributed by atoms with E-state index in [9.17, 15) is 4.79 Å². The minimum atomic E-state index is -0.461. The van der Waals surface area contributed by atoms with Crippen LogP contribution in [-0.2, 0) is 9.53 Å². The summed E-state index contributed by atoms with van der Waals surface area (Å²) in [6.07, 6.45) is 2.80. The van der Waals surface area contributed by atoms with Gasteiger partial charge in [-0.3, -0.25) is 4.79 Å². The van der Waals surface area contributed by atoms with Crippen molar-refractivity contribution >= 4 is 11.5 Å². The summed E-state index contributed by atoms with van der Waals surface area (Å²) in [5.41, 5.74) is 3.12. The molecule has 2 heteroatoms. The molecule has 0 aromatic heterocycles. The van der Waals surface area contributed by atoms with Gasteiger partial charge in [-0.1, -0.05) is 31.2 Å². The van der Waals surface area contributed by atoms with E-state index in [0.717, 1.165) is 12.0 Å². The molecule has 2 rings (SSSR count). The van der Waals surface area contributed by atoms with Crippen molar-refractivity contribution in [2.24, 2.45) is 5.41 Å². The Balaban J connectivity index is 2.26. The van der Waals surface area contributed by atoms with Crippen LogP contribution in [0.5, 0.6) is 0 Å². The number of rotatable bonds is 2. The molecule has 1 aliphatic carbocycles. The molecule has 0 bridgehead atoms. The molecule has 0 spiro atoms. The Morgan fingerprint density at radius 2 is 1.94 bits per heavy atom. The van der Waals surface area contributed by atoms with Gasteiger partial charge in [-0.15, -0.1) is 0 Å². The Bertz CT molecular complexity index is 492. The molecule has 0 heterocycles. The van der Waals surface area contributed by atoms with Gasteiger partial charge in [-0.25, -0.2) is 0 Å². The summed E-state index contributed by atoms with van der Waals surface area (Å²) in [7, 11) is 0. The zero-order valence-corrected chi connectivity index (χ0v) is 11.5. The number of allylic oxidation sites excluding steroid dienone is 1. The van der Waals surface area contributed by atoms with E-state index < -0.39 is 5.41 Å². The van der Waals surface area contributed by atoms with E-state index in [4.69, 9.17) is 4.74 Å². The second-order valence-electron chi connectivity index (χ2n) is 5.71. The second-order valence-corrected chi connectivity index (χ2v) is 5.71. The first-order valence-electron chi connectivity index (χ1n) is 6.44. The highest BCUT2D eigenvalue weighted by Crippen LogP contribution is 2.38. The maximum absolute atomic E-state index is 12.0. The molecule has 18 heavy (non-hydrogen) atoms. The Hall–Kier alpha value is -1.57. The molecule has 0 aliphatic heterocycles. The number of carbonyl (C=O) groups excluding carboxylic acids is 1. The van der Waals surface area contributed by atoms with Gasteiger partial charge in [0.15, 0.2) is 0 Å². The SMILES string of the molecule is CCC1=CC(OC(=O)C(C)(C)C)c2ccccc21. The zero-order chi connectivity index (χ0) is 13.3. The third-order valence-electron chi connectivity index (χ3n) is 3.19. The smallest absolute Gasteiger partial charge is 0.312 e. The van der Waals surface area contributed by atoms with E-state index in [2.05, 4.69) is 19.1 Å². The van der Waals surface area contributed by atoms with Crippen molar-refractivity contribution in [3.8, 4) is 0 Å². The second kappa shape index (κ2) is 4.60. The highest BCUT2D eigenvalue weighted by atomic mass is 16.5. The van der Waals surface area contributed by atoms with Gasteiger partial charge in [-0.05, 0) is 44.4 Å². The number of benzene rings is 1. The van der Waals surface area contributed by atoms with E-state index in [1.807, 2.05) is 39.0 Å². The van der Waals surface area contributed by atoms with Crippen molar-refractivity contribution in [1.29, 1.82) is 0 Å². The predicted molar refractivity (Wildman–Crippen MR) is 73.0 cm³/mol. The number of hydrogen-bond donors (Lipinski definition) is 0. The first kappa shape index (κ1) is 12.9. The van der Waals surface area contributed by atoms with E-state index in [1.165, 1.54) is 11.1 Å². The lowest BCUT2D eigenvalue weighted by Gasteiger charge is -2.20. The molecular formula is C16H20O2. The van der Waals surface area contributed by atoms with Gasteiger partial charge in [0.1, 0.15) is 6.10 Å². The molecule has 1 atom stereocenters. The molecule has 96 valence electrons. The molecule has 2 nitrogen and oxygen atoms in total. The highest BCUT2D eigenvalue weighted by molar-refractivity contribution is 5.79. The largest absolute Gasteiger partial charge is 0.453 e. The average Bonchev–Trinajstić information content (AvgIpc) is 2.67. The van der Waals surface area contributed by atoms with Crippen molar-refractivity contribution in [2.45, 2.75) is 40.2 Å². The van der Waals surface area contributed by atoms with Gasteiger partial charge < -0.3 is 4.74 Å². The van der Waals surface area contributed by atoms with Crippen molar-refractivity contribution in [3.05, 3.63) is 41.5 Å². The van der Waals surface area contributed by atoms with E-state index in [-0.39, 0.29) is 12.1 Å². The molecule has 0 saturated carbocycles. The maximum atomic E-state index is 12.0. The molecule has 0 amide bonds. The molecule has 0 N–H and O–H groups in total. The van der Waals surface area contributed by atoms with Crippen LogP contribution < -0.4 is 0 Å². The van der Waals surface area contributed by atoms with Crippen molar-refractivity contribution in [1.82, 2.24) is 0 Å². The Morgan fingerprint density at radius 1 is 1.28 bits per heavy atom. The number of carbonyl (C=O) groups is 1. The average molecular weight is 244 g/mol. The summed E-state index contributed by atoms with van der Waals surface area (Å²) < 4.78 is 5.62. The first-order valence-corrected chi connectivity index (χ1v) is 6.44. The highest BCUT2D eigenvalue weighted by Gasteiger charge is 2.30. The quantitative estimate of drug-likeness (QED) is 0.731. The van der Waals surface area contributed by atoms with Gasteiger partial charge in [0.2, 0.25) is 0 Å². The maximum Gasteiger partial charge on any atom is 0.312 e. The minimum absolute atomic E-state index is 0.157. The molecule has 1 aromatic rings. The Kier molecular flexibility index (Phi) is 3.29. The number of hydrogen-bond acceptors (Lipinski definition) is 2. The number of fused-ring (bicyclic) bond motifs is 1. The predicted octanol–water partition coefficient (Wildman–Crippen LogP) is 4.12. The monoisotopic (exact) mass is 244 g/mol. The molecule has 1 aromatic carbocycles. The summed E-state index contributed by atoms with van der Waals surface area (Å²) in [6, 6.07) is 8.14. The van der Waals surface area contributed by atoms with Crippen LogP contribution in [0.25, 0.3) is 5.57 Å². The van der Waals surface area contributed by atoms with Crippen LogP contribution in [0.2, 0.25) is 0 Å².